The smallest absolute Gasteiger partial charge is 0.304 e. The number of benzene rings is 2. The summed E-state index contributed by atoms with van der Waals surface area (Å²) >= 11 is 5.75. The minimum Gasteiger partial charge on any atom is -0.304 e. The van der Waals surface area contributed by atoms with Crippen LogP contribution in [-0.4, -0.2) is 25.5 Å². The number of alkyl halides is 3. The number of hydrogen-bond acceptors (Lipinski definition) is 3. The standard InChI is InChI=1S/C20H15ClF3N5O/c1-28-18(20(22,23)24)16(21)17(27-28)19(30)25-15-9-10-29(26-15)11-13-7-4-6-12-5-2-3-8-14(12)13/h2-10H,11H2,1H3,(H,25,26,30). The number of carbonyl (C=O) groups excluding carboxylic acids is 1. The van der Waals surface area contributed by atoms with E-state index in [1.165, 1.54) is 0 Å². The number of fused-ring (bicyclic) bond motifs is 1. The molecule has 154 valence electrons. The van der Waals surface area contributed by atoms with Crippen LogP contribution >= 0.6 is 11.6 Å². The lowest BCUT2D eigenvalue weighted by Crippen LogP contribution is -2.14. The van der Waals surface area contributed by atoms with Crippen molar-refractivity contribution < 1.29 is 18.0 Å². The summed E-state index contributed by atoms with van der Waals surface area (Å²) in [5.74, 6) is -0.697. The average Bonchev–Trinajstić information content (AvgIpc) is 3.25. The number of aromatic nitrogens is 4. The molecule has 0 fully saturated rings. The molecule has 0 unspecified atom stereocenters. The minimum absolute atomic E-state index is 0.176. The maximum atomic E-state index is 13.0. The van der Waals surface area contributed by atoms with Crippen LogP contribution in [-0.2, 0) is 19.8 Å². The first-order valence-electron chi connectivity index (χ1n) is 8.85. The third-order valence-electron chi connectivity index (χ3n) is 4.57. The summed E-state index contributed by atoms with van der Waals surface area (Å²) in [5, 5.41) is 11.7. The van der Waals surface area contributed by atoms with Crippen LogP contribution in [0.3, 0.4) is 0 Å². The summed E-state index contributed by atoms with van der Waals surface area (Å²) in [6.07, 6.45) is -3.06. The van der Waals surface area contributed by atoms with Crippen molar-refractivity contribution in [2.45, 2.75) is 12.7 Å². The molecule has 0 radical (unpaired) electrons. The predicted octanol–water partition coefficient (Wildman–Crippen LogP) is 4.74. The van der Waals surface area contributed by atoms with Crippen molar-refractivity contribution in [3.8, 4) is 0 Å². The van der Waals surface area contributed by atoms with E-state index in [9.17, 15) is 18.0 Å². The van der Waals surface area contributed by atoms with Gasteiger partial charge in [0.1, 0.15) is 5.02 Å². The van der Waals surface area contributed by atoms with Crippen LogP contribution in [0.15, 0.2) is 54.7 Å². The Morgan fingerprint density at radius 1 is 1.10 bits per heavy atom. The van der Waals surface area contributed by atoms with Gasteiger partial charge in [0.2, 0.25) is 0 Å². The van der Waals surface area contributed by atoms with Crippen molar-refractivity contribution in [1.82, 2.24) is 19.6 Å². The molecule has 10 heteroatoms. The molecule has 0 atom stereocenters. The summed E-state index contributed by atoms with van der Waals surface area (Å²) in [7, 11) is 1.07. The van der Waals surface area contributed by atoms with E-state index < -0.39 is 28.5 Å². The fourth-order valence-electron chi connectivity index (χ4n) is 3.25. The van der Waals surface area contributed by atoms with Crippen LogP contribution in [0.5, 0.6) is 0 Å². The molecular weight excluding hydrogens is 419 g/mol. The number of hydrogen-bond donors (Lipinski definition) is 1. The van der Waals surface area contributed by atoms with Crippen molar-refractivity contribution in [1.29, 1.82) is 0 Å². The van der Waals surface area contributed by atoms with Gasteiger partial charge in [-0.2, -0.15) is 23.4 Å². The van der Waals surface area contributed by atoms with Gasteiger partial charge in [-0.3, -0.25) is 14.2 Å². The van der Waals surface area contributed by atoms with E-state index in [1.54, 1.807) is 16.9 Å². The van der Waals surface area contributed by atoms with E-state index in [1.807, 2.05) is 42.5 Å². The fraction of sp³-hybridized carbons (Fsp3) is 0.150. The van der Waals surface area contributed by atoms with E-state index in [2.05, 4.69) is 15.5 Å². The molecule has 0 aliphatic carbocycles. The van der Waals surface area contributed by atoms with Gasteiger partial charge in [0.15, 0.2) is 17.2 Å². The van der Waals surface area contributed by atoms with Crippen LogP contribution in [0.25, 0.3) is 10.8 Å². The minimum atomic E-state index is -4.72. The van der Waals surface area contributed by atoms with Crippen molar-refractivity contribution in [2.24, 2.45) is 7.05 Å². The third-order valence-corrected chi connectivity index (χ3v) is 4.93. The SMILES string of the molecule is Cn1nc(C(=O)Nc2ccn(Cc3cccc4ccccc34)n2)c(Cl)c1C(F)(F)F. The molecule has 1 amide bonds. The van der Waals surface area contributed by atoms with Crippen molar-refractivity contribution >= 4 is 34.1 Å². The summed E-state index contributed by atoms with van der Waals surface area (Å²) in [6, 6.07) is 15.4. The molecule has 0 aliphatic heterocycles. The Balaban J connectivity index is 1.53. The Kier molecular flexibility index (Phi) is 4.98. The number of nitrogens with zero attached hydrogens (tertiary/aromatic N) is 4. The largest absolute Gasteiger partial charge is 0.434 e. The van der Waals surface area contributed by atoms with Crippen LogP contribution in [0.2, 0.25) is 5.02 Å². The molecule has 2 aromatic heterocycles. The normalized spacial score (nSPS) is 11.8. The number of amides is 1. The molecule has 1 N–H and O–H groups in total. The number of halogens is 4. The van der Waals surface area contributed by atoms with Crippen molar-refractivity contribution in [2.75, 3.05) is 5.32 Å². The van der Waals surface area contributed by atoms with E-state index in [0.29, 0.717) is 11.2 Å². The third kappa shape index (κ3) is 3.76. The summed E-state index contributed by atoms with van der Waals surface area (Å²) in [4.78, 5) is 12.4. The van der Waals surface area contributed by atoms with Crippen LogP contribution in [0.1, 0.15) is 21.7 Å². The Morgan fingerprint density at radius 2 is 1.83 bits per heavy atom. The molecule has 0 aliphatic rings. The summed E-state index contributed by atoms with van der Waals surface area (Å²) < 4.78 is 41.3. The lowest BCUT2D eigenvalue weighted by Gasteiger charge is -2.07. The number of rotatable bonds is 4. The zero-order valence-corrected chi connectivity index (χ0v) is 16.4. The van der Waals surface area contributed by atoms with E-state index in [4.69, 9.17) is 11.6 Å². The highest BCUT2D eigenvalue weighted by Crippen LogP contribution is 2.36. The van der Waals surface area contributed by atoms with Crippen molar-refractivity contribution in [3.05, 3.63) is 76.7 Å². The highest BCUT2D eigenvalue weighted by Gasteiger charge is 2.40. The monoisotopic (exact) mass is 433 g/mol. The lowest BCUT2D eigenvalue weighted by molar-refractivity contribution is -0.143. The lowest BCUT2D eigenvalue weighted by atomic mass is 10.0. The van der Waals surface area contributed by atoms with Gasteiger partial charge in [-0.1, -0.05) is 54.1 Å². The summed E-state index contributed by atoms with van der Waals surface area (Å²) in [6.45, 7) is 0.458. The number of carbonyl (C=O) groups is 1. The van der Waals surface area contributed by atoms with Crippen LogP contribution in [0.4, 0.5) is 19.0 Å². The Bertz CT molecular complexity index is 1240. The molecule has 0 saturated heterocycles. The molecule has 0 bridgehead atoms. The molecule has 4 aromatic rings. The van der Waals surface area contributed by atoms with E-state index in [0.717, 1.165) is 23.4 Å². The molecule has 6 nitrogen and oxygen atoms in total. The Morgan fingerprint density at radius 3 is 2.57 bits per heavy atom. The fourth-order valence-corrected chi connectivity index (χ4v) is 3.60. The molecule has 2 aromatic carbocycles. The molecule has 30 heavy (non-hydrogen) atoms. The first kappa shape index (κ1) is 20.0. The second kappa shape index (κ2) is 7.49. The van der Waals surface area contributed by atoms with E-state index >= 15 is 0 Å². The van der Waals surface area contributed by atoms with Crippen molar-refractivity contribution in [3.63, 3.8) is 0 Å². The number of aryl methyl sites for hydroxylation is 1. The van der Waals surface area contributed by atoms with Gasteiger partial charge in [-0.05, 0) is 16.3 Å². The van der Waals surface area contributed by atoms with Crippen LogP contribution < -0.4 is 5.32 Å². The first-order valence-corrected chi connectivity index (χ1v) is 9.23. The van der Waals surface area contributed by atoms with E-state index in [-0.39, 0.29) is 5.82 Å². The maximum absolute atomic E-state index is 13.0. The van der Waals surface area contributed by atoms with Gasteiger partial charge in [-0.15, -0.1) is 0 Å². The molecule has 4 rings (SSSR count). The Labute approximate surface area is 173 Å². The zero-order valence-electron chi connectivity index (χ0n) is 15.6. The van der Waals surface area contributed by atoms with Gasteiger partial charge < -0.3 is 5.32 Å². The Hall–Kier alpha value is -3.33. The van der Waals surface area contributed by atoms with Gasteiger partial charge in [0.25, 0.3) is 5.91 Å². The molecule has 2 heterocycles. The highest BCUT2D eigenvalue weighted by molar-refractivity contribution is 6.34. The molecular formula is C20H15ClF3N5O. The first-order chi connectivity index (χ1) is 14.2. The topological polar surface area (TPSA) is 64.7 Å². The van der Waals surface area contributed by atoms with Crippen LogP contribution in [0, 0.1) is 0 Å². The second-order valence-electron chi connectivity index (χ2n) is 6.62. The van der Waals surface area contributed by atoms with Gasteiger partial charge >= 0.3 is 6.18 Å². The number of nitrogens with one attached hydrogen (secondary N) is 1. The average molecular weight is 434 g/mol. The molecule has 0 saturated carbocycles. The maximum Gasteiger partial charge on any atom is 0.434 e. The highest BCUT2D eigenvalue weighted by atomic mass is 35.5. The van der Waals surface area contributed by atoms with Gasteiger partial charge in [0.05, 0.1) is 6.54 Å². The quantitative estimate of drug-likeness (QED) is 0.505. The predicted molar refractivity (Wildman–Crippen MR) is 106 cm³/mol. The second-order valence-corrected chi connectivity index (χ2v) is 7.00. The number of anilines is 1. The van der Waals surface area contributed by atoms with Gasteiger partial charge in [0, 0.05) is 19.3 Å². The summed E-state index contributed by atoms with van der Waals surface area (Å²) in [5.41, 5.74) is -0.664. The van der Waals surface area contributed by atoms with Gasteiger partial charge in [-0.25, -0.2) is 0 Å². The molecule has 0 spiro atoms. The zero-order chi connectivity index (χ0) is 21.5.